The molecule has 0 radical (unpaired) electrons. The molecule has 316 valence electrons. The molecule has 0 aromatic heterocycles. The van der Waals surface area contributed by atoms with E-state index in [1.165, 1.54) is 24.8 Å². The average molecular weight is 838 g/mol. The summed E-state index contributed by atoms with van der Waals surface area (Å²) >= 11 is 0. The molecule has 5 aromatic carbocycles. The minimum Gasteiger partial charge on any atom is -0.872 e. The van der Waals surface area contributed by atoms with E-state index < -0.39 is 0 Å². The van der Waals surface area contributed by atoms with Crippen molar-refractivity contribution in [1.82, 2.24) is 0 Å². The van der Waals surface area contributed by atoms with Gasteiger partial charge >= 0.3 is 21.7 Å². The molecule has 0 aliphatic carbocycles. The van der Waals surface area contributed by atoms with Crippen LogP contribution in [0.1, 0.15) is 167 Å². The van der Waals surface area contributed by atoms with Gasteiger partial charge in [0.1, 0.15) is 0 Å². The van der Waals surface area contributed by atoms with Crippen LogP contribution in [0.15, 0.2) is 109 Å². The topological polar surface area (TPSA) is 60.2 Å². The first-order valence-electron chi connectivity index (χ1n) is 21.7. The number of nitrogens with zero attached hydrogens (tertiary/aromatic N) is 1. The fraction of sp³-hybridized carbons (Fsp3) is 0.411. The number of benzene rings is 5. The van der Waals surface area contributed by atoms with Crippen LogP contribution in [0.25, 0.3) is 22.1 Å². The van der Waals surface area contributed by atoms with Crippen LogP contribution in [0.2, 0.25) is 0 Å². The van der Waals surface area contributed by atoms with Gasteiger partial charge in [-0.15, -0.1) is 23.5 Å². The second kappa shape index (κ2) is 20.6. The van der Waals surface area contributed by atoms with Gasteiger partial charge in [-0.05, 0) is 72.6 Å². The second-order valence-corrected chi connectivity index (χ2v) is 20.3. The van der Waals surface area contributed by atoms with Crippen molar-refractivity contribution in [3.8, 4) is 22.6 Å². The van der Waals surface area contributed by atoms with Gasteiger partial charge in [-0.25, -0.2) is 0 Å². The molecule has 1 heterocycles. The Morgan fingerprint density at radius 2 is 1.02 bits per heavy atom. The average Bonchev–Trinajstić information content (AvgIpc) is 3.14. The van der Waals surface area contributed by atoms with Crippen molar-refractivity contribution < 1.29 is 31.9 Å². The van der Waals surface area contributed by atoms with Crippen molar-refractivity contribution in [2.75, 3.05) is 0 Å². The largest absolute Gasteiger partial charge is 4.00 e. The summed E-state index contributed by atoms with van der Waals surface area (Å²) in [6.45, 7) is 33.9. The molecule has 0 saturated heterocycles. The predicted molar refractivity (Wildman–Crippen MR) is 252 cm³/mol. The summed E-state index contributed by atoms with van der Waals surface area (Å²) in [6, 6.07) is 34.9. The monoisotopic (exact) mass is 837 g/mol. The Morgan fingerprint density at radius 3 is 1.43 bits per heavy atom. The number of fused-ring (bicyclic) bond motifs is 1. The summed E-state index contributed by atoms with van der Waals surface area (Å²) in [6.07, 6.45) is 7.01. The first kappa shape index (κ1) is 50.2. The molecule has 1 atom stereocenters. The van der Waals surface area contributed by atoms with Crippen LogP contribution in [0.5, 0.6) is 11.5 Å². The Kier molecular flexibility index (Phi) is 17.2. The number of hydrogen-bond acceptors (Lipinski definition) is 2. The molecule has 0 unspecified atom stereocenters. The molecule has 0 amide bonds. The van der Waals surface area contributed by atoms with E-state index in [0.29, 0.717) is 16.8 Å². The van der Waals surface area contributed by atoms with E-state index in [2.05, 4.69) is 171 Å². The zero-order chi connectivity index (χ0) is 43.9. The molecule has 3 nitrogen and oxygen atoms in total. The Balaban J connectivity index is 0.000000640. The number of rotatable bonds is 6. The van der Waals surface area contributed by atoms with Crippen LogP contribution < -0.4 is 10.2 Å². The fourth-order valence-corrected chi connectivity index (χ4v) is 7.29. The van der Waals surface area contributed by atoms with Crippen molar-refractivity contribution in [3.05, 3.63) is 166 Å². The summed E-state index contributed by atoms with van der Waals surface area (Å²) in [5.74, 6) is 0.0341. The van der Waals surface area contributed by atoms with Gasteiger partial charge in [-0.2, -0.15) is 24.6 Å². The number of hydrogen-bond donors (Lipinski definition) is 0. The van der Waals surface area contributed by atoms with Gasteiger partial charge in [0.15, 0.2) is 0 Å². The maximum absolute atomic E-state index is 14.4. The van der Waals surface area contributed by atoms with Gasteiger partial charge in [0.25, 0.3) is 0 Å². The first-order chi connectivity index (χ1) is 27.5. The summed E-state index contributed by atoms with van der Waals surface area (Å²) in [5.41, 5.74) is 9.82. The molecule has 0 saturated carbocycles. The first-order valence-corrected chi connectivity index (χ1v) is 21.7. The second-order valence-electron chi connectivity index (χ2n) is 20.3. The van der Waals surface area contributed by atoms with Gasteiger partial charge in [-0.1, -0.05) is 218 Å². The van der Waals surface area contributed by atoms with Gasteiger partial charge in [0.05, 0.1) is 0 Å². The quantitative estimate of drug-likeness (QED) is 0.126. The maximum Gasteiger partial charge on any atom is 4.00 e. The molecule has 60 heavy (non-hydrogen) atoms. The molecule has 0 spiro atoms. The van der Waals surface area contributed by atoms with Crippen LogP contribution in [0, 0.1) is 6.92 Å². The Labute approximate surface area is 380 Å². The molecule has 1 aliphatic heterocycles. The SMILES string of the molecule is CC(C)(C)c1cc(C2=C[C@@H](Cc3ccccc3)c3cccc(-c4cc(C(C)(C)C)cc(C(C)(C)C)c4[O-])c3[N-]2)c([O-])c(C(C)(C)C)c1.CCCCC.[CH2-]c1ccccc1.[Ti+4]. The van der Waals surface area contributed by atoms with Crippen molar-refractivity contribution in [2.45, 2.75) is 150 Å². The third-order valence-electron chi connectivity index (χ3n) is 11.0. The predicted octanol–water partition coefficient (Wildman–Crippen LogP) is 15.1. The van der Waals surface area contributed by atoms with E-state index in [1.54, 1.807) is 0 Å². The summed E-state index contributed by atoms with van der Waals surface area (Å²) in [4.78, 5) is 0. The van der Waals surface area contributed by atoms with Crippen LogP contribution in [-0.2, 0) is 49.8 Å². The Morgan fingerprint density at radius 1 is 0.550 bits per heavy atom. The molecule has 4 heteroatoms. The zero-order valence-corrected chi connectivity index (χ0v) is 40.8. The van der Waals surface area contributed by atoms with Crippen molar-refractivity contribution in [1.29, 1.82) is 0 Å². The molecule has 0 fully saturated rings. The van der Waals surface area contributed by atoms with Crippen LogP contribution in [-0.4, -0.2) is 0 Å². The third kappa shape index (κ3) is 12.9. The molecule has 1 aliphatic rings. The summed E-state index contributed by atoms with van der Waals surface area (Å²) in [7, 11) is 0. The summed E-state index contributed by atoms with van der Waals surface area (Å²) < 4.78 is 0. The minimum atomic E-state index is -0.330. The van der Waals surface area contributed by atoms with Crippen molar-refractivity contribution in [2.24, 2.45) is 0 Å². The minimum absolute atomic E-state index is 0. The Hall–Kier alpha value is -4.18. The normalized spacial score (nSPS) is 13.9. The molecular weight excluding hydrogens is 766 g/mol. The van der Waals surface area contributed by atoms with E-state index in [9.17, 15) is 10.2 Å². The van der Waals surface area contributed by atoms with Crippen LogP contribution in [0.3, 0.4) is 0 Å². The number of allylic oxidation sites excluding steroid dienone is 1. The molecule has 0 N–H and O–H groups in total. The van der Waals surface area contributed by atoms with E-state index in [4.69, 9.17) is 5.32 Å². The number of para-hydroxylation sites is 1. The van der Waals surface area contributed by atoms with Crippen molar-refractivity contribution in [3.63, 3.8) is 0 Å². The third-order valence-corrected chi connectivity index (χ3v) is 11.0. The maximum atomic E-state index is 14.4. The van der Waals surface area contributed by atoms with Gasteiger partial charge < -0.3 is 15.5 Å². The smallest absolute Gasteiger partial charge is 0.872 e. The van der Waals surface area contributed by atoms with Crippen LogP contribution >= 0.6 is 0 Å². The standard InChI is InChI=1S/C44H54NO2.C7H7.C5H12.Ti/c1-41(2,3)29-23-33(39(46)35(25-29)43(7,8)9)32-20-16-19-31-28(21-27-17-14-13-15-18-27)22-37(45-38(31)32)34-24-30(42(4,5)6)26-36(40(34)47)44(10,11)12;1-7-5-3-2-4-6-7;1-3-5-4-2;/h13-20,22-26,28,46-47H,21H2,1-12H3;2-6H,1H2;3-5H2,1-2H3;/q2*-1;;+4/p-2/t28-;;;/m1.../s1. The molecular formula is C56H71NO2Ti. The molecule has 6 rings (SSSR count). The van der Waals surface area contributed by atoms with Crippen molar-refractivity contribution >= 4 is 11.4 Å². The molecule has 5 aromatic rings. The molecule has 0 bridgehead atoms. The summed E-state index contributed by atoms with van der Waals surface area (Å²) in [5, 5.41) is 34.0. The van der Waals surface area contributed by atoms with E-state index >= 15 is 0 Å². The van der Waals surface area contributed by atoms with Crippen LogP contribution in [0.4, 0.5) is 5.69 Å². The van der Waals surface area contributed by atoms with E-state index in [-0.39, 0.29) is 60.8 Å². The van der Waals surface area contributed by atoms with Gasteiger partial charge in [0, 0.05) is 5.92 Å². The fourth-order valence-electron chi connectivity index (χ4n) is 7.29. The Bertz CT molecular complexity index is 2170. The van der Waals surface area contributed by atoms with Gasteiger partial charge in [0.2, 0.25) is 0 Å². The zero-order valence-electron chi connectivity index (χ0n) is 39.3. The number of unbranched alkanes of at least 4 members (excludes halogenated alkanes) is 2. The van der Waals surface area contributed by atoms with Gasteiger partial charge in [-0.3, -0.25) is 0 Å². The van der Waals surface area contributed by atoms with E-state index in [1.807, 2.05) is 42.5 Å². The van der Waals surface area contributed by atoms with E-state index in [0.717, 1.165) is 51.1 Å².